The standard InChI is InChI=1S/C36H48O14/c1-16-29(46-17(2)37)31(43-7)36(49-19(4)39)32(45-16)48-24-13-21-8-9-23-27(33(21,5)14-25(24)50-36)28(41)30(47-18(3)38)34(6)22(10-11-35(23,34)42)20-12-26(40)44-15-20/h12,16,21-25,27,29-32,42H,8-11,13-15H2,1-7H3/t16-,21-,22-,23-,24-,25-,27-,29+,30-,31-,32+,33+,34+,35+,36+/m1/s1. The number of fused-ring (bicyclic) bond motifs is 7. The van der Waals surface area contributed by atoms with E-state index in [-0.39, 0.29) is 24.7 Å². The molecule has 0 aromatic rings. The highest BCUT2D eigenvalue weighted by atomic mass is 16.8. The van der Waals surface area contributed by atoms with Crippen LogP contribution in [0.25, 0.3) is 0 Å². The third-order valence-electron chi connectivity index (χ3n) is 13.4. The minimum atomic E-state index is -1.94. The maximum absolute atomic E-state index is 15.0. The van der Waals surface area contributed by atoms with Gasteiger partial charge in [-0.15, -0.1) is 0 Å². The molecule has 4 saturated carbocycles. The van der Waals surface area contributed by atoms with Crippen molar-refractivity contribution in [2.45, 2.75) is 134 Å². The van der Waals surface area contributed by atoms with Gasteiger partial charge < -0.3 is 43.0 Å². The van der Waals surface area contributed by atoms with Gasteiger partial charge in [0.2, 0.25) is 6.29 Å². The molecule has 0 aromatic carbocycles. The first-order valence-corrected chi connectivity index (χ1v) is 17.7. The summed E-state index contributed by atoms with van der Waals surface area (Å²) in [6.07, 6.45) is -2.12. The van der Waals surface area contributed by atoms with Gasteiger partial charge in [0.15, 0.2) is 24.1 Å². The van der Waals surface area contributed by atoms with Crippen LogP contribution in [0.15, 0.2) is 11.6 Å². The Bertz CT molecular complexity index is 1510. The molecule has 1 N–H and O–H groups in total. The Balaban J connectivity index is 1.26. The number of hydrogen-bond donors (Lipinski definition) is 1. The van der Waals surface area contributed by atoms with Gasteiger partial charge in [-0.25, -0.2) is 4.79 Å². The monoisotopic (exact) mass is 704 g/mol. The molecule has 14 heteroatoms. The largest absolute Gasteiger partial charge is 0.458 e. The molecule has 3 heterocycles. The number of rotatable bonds is 5. The number of carbonyl (C=O) groups is 5. The van der Waals surface area contributed by atoms with Gasteiger partial charge in [0.05, 0.1) is 23.9 Å². The quantitative estimate of drug-likeness (QED) is 0.250. The molecular formula is C36H48O14. The van der Waals surface area contributed by atoms with Crippen LogP contribution in [0, 0.1) is 34.5 Å². The minimum absolute atomic E-state index is 0.0292. The molecule has 276 valence electrons. The van der Waals surface area contributed by atoms with Crippen LogP contribution < -0.4 is 0 Å². The summed E-state index contributed by atoms with van der Waals surface area (Å²) >= 11 is 0. The van der Waals surface area contributed by atoms with Crippen LogP contribution in [-0.4, -0.2) is 103 Å². The number of Topliss-reactive ketones (excluding diaryl/α,β-unsaturated/α-hetero) is 1. The third kappa shape index (κ3) is 4.95. The van der Waals surface area contributed by atoms with Gasteiger partial charge in [-0.3, -0.25) is 19.2 Å². The van der Waals surface area contributed by atoms with Gasteiger partial charge in [-0.05, 0) is 74.2 Å². The van der Waals surface area contributed by atoms with Crippen LogP contribution in [0.1, 0.15) is 80.1 Å². The highest BCUT2D eigenvalue weighted by molar-refractivity contribution is 5.91. The second-order valence-electron chi connectivity index (χ2n) is 15.9. The van der Waals surface area contributed by atoms with Crippen LogP contribution in [0.2, 0.25) is 0 Å². The van der Waals surface area contributed by atoms with E-state index in [1.807, 2.05) is 13.8 Å². The molecule has 0 amide bonds. The zero-order valence-corrected chi connectivity index (χ0v) is 29.6. The van der Waals surface area contributed by atoms with Crippen LogP contribution in [-0.2, 0) is 61.9 Å². The molecule has 7 rings (SSSR count). The van der Waals surface area contributed by atoms with E-state index < -0.39 is 107 Å². The lowest BCUT2D eigenvalue weighted by molar-refractivity contribution is -0.469. The summed E-state index contributed by atoms with van der Waals surface area (Å²) in [6, 6.07) is 0. The molecule has 15 atom stereocenters. The highest BCUT2D eigenvalue weighted by Gasteiger charge is 2.76. The maximum Gasteiger partial charge on any atom is 0.331 e. The second-order valence-corrected chi connectivity index (χ2v) is 15.9. The minimum Gasteiger partial charge on any atom is -0.458 e. The van der Waals surface area contributed by atoms with Gasteiger partial charge >= 0.3 is 23.9 Å². The average Bonchev–Trinajstić information content (AvgIpc) is 3.57. The molecule has 0 bridgehead atoms. The summed E-state index contributed by atoms with van der Waals surface area (Å²) < 4.78 is 48.0. The van der Waals surface area contributed by atoms with Crippen LogP contribution in [0.3, 0.4) is 0 Å². The zero-order chi connectivity index (χ0) is 36.1. The number of cyclic esters (lactones) is 1. The van der Waals surface area contributed by atoms with Gasteiger partial charge in [-0.1, -0.05) is 13.8 Å². The first-order valence-electron chi connectivity index (χ1n) is 17.7. The van der Waals surface area contributed by atoms with Crippen molar-refractivity contribution >= 4 is 29.7 Å². The van der Waals surface area contributed by atoms with Crippen molar-refractivity contribution in [2.75, 3.05) is 13.7 Å². The molecule has 0 radical (unpaired) electrons. The molecule has 0 unspecified atom stereocenters. The number of esters is 4. The molecule has 0 spiro atoms. The second kappa shape index (κ2) is 12.1. The lowest BCUT2D eigenvalue weighted by Crippen LogP contribution is -2.76. The number of aliphatic hydroxyl groups is 1. The van der Waals surface area contributed by atoms with Crippen molar-refractivity contribution < 1.29 is 67.0 Å². The fraction of sp³-hybridized carbons (Fsp3) is 0.806. The number of methoxy groups -OCH3 is 1. The lowest BCUT2D eigenvalue weighted by atomic mass is 9.41. The predicted octanol–water partition coefficient (Wildman–Crippen LogP) is 2.31. The molecule has 14 nitrogen and oxygen atoms in total. The fourth-order valence-electron chi connectivity index (χ4n) is 11.4. The summed E-state index contributed by atoms with van der Waals surface area (Å²) in [5.74, 6) is -6.19. The Labute approximate surface area is 290 Å². The van der Waals surface area contributed by atoms with E-state index in [1.165, 1.54) is 34.0 Å². The molecular weight excluding hydrogens is 656 g/mol. The van der Waals surface area contributed by atoms with Crippen molar-refractivity contribution in [3.63, 3.8) is 0 Å². The number of hydrogen-bond acceptors (Lipinski definition) is 14. The SMILES string of the molecule is CO[C@@H]1[C@@H](OC(C)=O)[C@@H](C)O[C@H]2O[C@@H]3C[C@H]4CC[C@@H]5[C@H](C(=O)[C@@H](OC(C)=O)[C@]6(C)[C@@H](C7=CC(=O)OC7)CC[C@]56O)[C@@]4(C)C[C@H]3O[C@]21OC(C)=O. The van der Waals surface area contributed by atoms with E-state index in [2.05, 4.69) is 0 Å². The van der Waals surface area contributed by atoms with Gasteiger partial charge in [-0.2, -0.15) is 0 Å². The Morgan fingerprint density at radius 3 is 2.30 bits per heavy atom. The maximum atomic E-state index is 15.0. The predicted molar refractivity (Wildman–Crippen MR) is 167 cm³/mol. The fourth-order valence-corrected chi connectivity index (χ4v) is 11.4. The lowest BCUT2D eigenvalue weighted by Gasteiger charge is -2.66. The van der Waals surface area contributed by atoms with E-state index in [0.717, 1.165) is 0 Å². The number of carbonyl (C=O) groups excluding carboxylic acids is 5. The zero-order valence-electron chi connectivity index (χ0n) is 29.6. The summed E-state index contributed by atoms with van der Waals surface area (Å²) in [4.78, 5) is 64.5. The number of ether oxygens (including phenoxy) is 8. The average molecular weight is 705 g/mol. The Morgan fingerprint density at radius 1 is 0.960 bits per heavy atom. The van der Waals surface area contributed by atoms with E-state index in [9.17, 15) is 24.3 Å². The van der Waals surface area contributed by atoms with E-state index in [1.54, 1.807) is 6.92 Å². The first-order chi connectivity index (χ1) is 23.5. The third-order valence-corrected chi connectivity index (χ3v) is 13.4. The van der Waals surface area contributed by atoms with Crippen molar-refractivity contribution in [2.24, 2.45) is 34.5 Å². The molecule has 6 fully saturated rings. The van der Waals surface area contributed by atoms with E-state index in [4.69, 9.17) is 37.9 Å². The van der Waals surface area contributed by atoms with Crippen LogP contribution in [0.5, 0.6) is 0 Å². The highest BCUT2D eigenvalue weighted by Crippen LogP contribution is 2.70. The van der Waals surface area contributed by atoms with Crippen molar-refractivity contribution in [3.8, 4) is 0 Å². The van der Waals surface area contributed by atoms with Crippen molar-refractivity contribution in [1.29, 1.82) is 0 Å². The summed E-state index contributed by atoms with van der Waals surface area (Å²) in [7, 11) is 1.40. The summed E-state index contributed by atoms with van der Waals surface area (Å²) in [5.41, 5.74) is -2.65. The van der Waals surface area contributed by atoms with Gasteiger partial charge in [0.1, 0.15) is 6.61 Å². The smallest absolute Gasteiger partial charge is 0.331 e. The summed E-state index contributed by atoms with van der Waals surface area (Å²) in [6.45, 7) is 9.36. The Hall–Kier alpha value is -2.91. The Morgan fingerprint density at radius 2 is 1.68 bits per heavy atom. The normalized spacial score (nSPS) is 49.2. The van der Waals surface area contributed by atoms with Crippen LogP contribution >= 0.6 is 0 Å². The molecule has 0 aromatic heterocycles. The number of ketones is 1. The first kappa shape index (κ1) is 35.5. The van der Waals surface area contributed by atoms with Gasteiger partial charge in [0, 0.05) is 45.3 Å². The van der Waals surface area contributed by atoms with Gasteiger partial charge in [0.25, 0.3) is 5.79 Å². The molecule has 7 aliphatic rings. The topological polar surface area (TPSA) is 179 Å². The summed E-state index contributed by atoms with van der Waals surface area (Å²) in [5, 5.41) is 12.9. The van der Waals surface area contributed by atoms with Crippen molar-refractivity contribution in [1.82, 2.24) is 0 Å². The van der Waals surface area contributed by atoms with E-state index in [0.29, 0.717) is 37.7 Å². The Kier molecular flexibility index (Phi) is 8.57. The molecule has 4 aliphatic carbocycles. The molecule has 3 aliphatic heterocycles. The van der Waals surface area contributed by atoms with Crippen molar-refractivity contribution in [3.05, 3.63) is 11.6 Å². The van der Waals surface area contributed by atoms with E-state index >= 15 is 4.79 Å². The van der Waals surface area contributed by atoms with Crippen LogP contribution in [0.4, 0.5) is 0 Å². The molecule has 2 saturated heterocycles. The molecule has 50 heavy (non-hydrogen) atoms.